The summed E-state index contributed by atoms with van der Waals surface area (Å²) >= 11 is 0. The lowest BCUT2D eigenvalue weighted by Gasteiger charge is -2.33. The molecule has 0 unspecified atom stereocenters. The third kappa shape index (κ3) is 5.02. The summed E-state index contributed by atoms with van der Waals surface area (Å²) in [6.07, 6.45) is 4.40. The van der Waals surface area contributed by atoms with Crippen molar-refractivity contribution in [1.82, 2.24) is 14.9 Å². The molecule has 27 heavy (non-hydrogen) atoms. The molecule has 1 fully saturated rings. The van der Waals surface area contributed by atoms with Crippen LogP contribution in [-0.4, -0.2) is 33.9 Å². The van der Waals surface area contributed by atoms with Crippen molar-refractivity contribution in [3.8, 4) is 0 Å². The Morgan fingerprint density at radius 2 is 1.89 bits per heavy atom. The fourth-order valence-electron chi connectivity index (χ4n) is 3.83. The minimum Gasteiger partial charge on any atom is -0.368 e. The number of benzene rings is 1. The molecule has 0 saturated carbocycles. The molecule has 1 aliphatic heterocycles. The molecule has 1 aliphatic rings. The molecule has 0 aliphatic carbocycles. The fraction of sp³-hybridized carbons (Fsp3) is 0.476. The number of anilines is 1. The minimum atomic E-state index is -0.203. The Morgan fingerprint density at radius 3 is 2.56 bits per heavy atom. The average Bonchev–Trinajstić information content (AvgIpc) is 2.64. The molecule has 1 amide bonds. The van der Waals surface area contributed by atoms with Gasteiger partial charge in [-0.15, -0.1) is 0 Å². The quantitative estimate of drug-likeness (QED) is 0.877. The van der Waals surface area contributed by atoms with Crippen molar-refractivity contribution >= 4 is 11.9 Å². The van der Waals surface area contributed by atoms with Crippen LogP contribution in [0.1, 0.15) is 41.8 Å². The van der Waals surface area contributed by atoms with Gasteiger partial charge in [0.05, 0.1) is 6.42 Å². The van der Waals surface area contributed by atoms with Crippen LogP contribution in [0.5, 0.6) is 0 Å². The molecule has 1 atom stereocenters. The minimum absolute atomic E-state index is 0.126. The van der Waals surface area contributed by atoms with Crippen LogP contribution in [-0.2, 0) is 17.6 Å². The molecule has 2 heterocycles. The number of nitrogens with zero attached hydrogens (tertiary/aromatic N) is 3. The normalized spacial score (nSPS) is 17.1. The topological polar surface area (TPSA) is 72.1 Å². The molecule has 0 spiro atoms. The molecule has 0 bridgehead atoms. The first kappa shape index (κ1) is 19.3. The van der Waals surface area contributed by atoms with E-state index in [1.165, 1.54) is 12.1 Å². The Bertz CT molecular complexity index is 783. The first-order valence-electron chi connectivity index (χ1n) is 9.54. The number of carbonyl (C=O) groups excluding carboxylic acids is 1. The van der Waals surface area contributed by atoms with Crippen LogP contribution in [0.3, 0.4) is 0 Å². The molecule has 3 rings (SSSR count). The second-order valence-electron chi connectivity index (χ2n) is 7.42. The van der Waals surface area contributed by atoms with Gasteiger partial charge in [0.2, 0.25) is 11.9 Å². The molecule has 1 saturated heterocycles. The van der Waals surface area contributed by atoms with Gasteiger partial charge < -0.3 is 10.6 Å². The Morgan fingerprint density at radius 1 is 1.22 bits per heavy atom. The highest BCUT2D eigenvalue weighted by Gasteiger charge is 2.24. The summed E-state index contributed by atoms with van der Waals surface area (Å²) in [5, 5.41) is 0. The Labute approximate surface area is 159 Å². The number of piperidine rings is 1. The number of halogens is 1. The van der Waals surface area contributed by atoms with Crippen molar-refractivity contribution in [3.05, 3.63) is 52.6 Å². The van der Waals surface area contributed by atoms with E-state index < -0.39 is 0 Å². The summed E-state index contributed by atoms with van der Waals surface area (Å²) in [6, 6.07) is 6.69. The highest BCUT2D eigenvalue weighted by atomic mass is 19.1. The van der Waals surface area contributed by atoms with Gasteiger partial charge in [-0.25, -0.2) is 14.4 Å². The molecule has 2 aromatic rings. The van der Waals surface area contributed by atoms with E-state index in [-0.39, 0.29) is 17.7 Å². The van der Waals surface area contributed by atoms with Crippen LogP contribution in [0.4, 0.5) is 10.3 Å². The summed E-state index contributed by atoms with van der Waals surface area (Å²) in [5.74, 6) is 0.657. The van der Waals surface area contributed by atoms with E-state index in [9.17, 15) is 9.18 Å². The van der Waals surface area contributed by atoms with Gasteiger partial charge in [-0.3, -0.25) is 4.79 Å². The molecule has 2 N–H and O–H groups in total. The van der Waals surface area contributed by atoms with E-state index in [2.05, 4.69) is 9.97 Å². The summed E-state index contributed by atoms with van der Waals surface area (Å²) in [5.41, 5.74) is 9.24. The summed E-state index contributed by atoms with van der Waals surface area (Å²) < 4.78 is 13.0. The van der Waals surface area contributed by atoms with Crippen molar-refractivity contribution in [2.45, 2.75) is 46.0 Å². The van der Waals surface area contributed by atoms with E-state index >= 15 is 0 Å². The zero-order chi connectivity index (χ0) is 19.4. The molecule has 144 valence electrons. The second-order valence-corrected chi connectivity index (χ2v) is 7.42. The lowest BCUT2D eigenvalue weighted by atomic mass is 9.91. The third-order valence-corrected chi connectivity index (χ3v) is 5.39. The number of rotatable bonds is 5. The number of likely N-dealkylation sites (tertiary alicyclic amines) is 1. The molecule has 6 heteroatoms. The van der Waals surface area contributed by atoms with Crippen molar-refractivity contribution in [3.63, 3.8) is 0 Å². The van der Waals surface area contributed by atoms with Crippen LogP contribution in [0, 0.1) is 25.6 Å². The lowest BCUT2D eigenvalue weighted by Crippen LogP contribution is -2.41. The van der Waals surface area contributed by atoms with Crippen LogP contribution in [0.2, 0.25) is 0 Å². The highest BCUT2D eigenvalue weighted by molar-refractivity contribution is 5.79. The molecule has 5 nitrogen and oxygen atoms in total. The fourth-order valence-corrected chi connectivity index (χ4v) is 3.83. The van der Waals surface area contributed by atoms with Gasteiger partial charge >= 0.3 is 0 Å². The Kier molecular flexibility index (Phi) is 6.04. The third-order valence-electron chi connectivity index (χ3n) is 5.39. The number of hydrogen-bond acceptors (Lipinski definition) is 4. The number of hydrogen-bond donors (Lipinski definition) is 1. The Balaban J connectivity index is 1.57. The van der Waals surface area contributed by atoms with Gasteiger partial charge in [0, 0.05) is 30.0 Å². The smallest absolute Gasteiger partial charge is 0.227 e. The molecular weight excluding hydrogens is 343 g/mol. The average molecular weight is 370 g/mol. The van der Waals surface area contributed by atoms with E-state index in [0.29, 0.717) is 12.3 Å². The number of nitrogens with two attached hydrogens (primary N) is 1. The van der Waals surface area contributed by atoms with E-state index in [1.54, 1.807) is 0 Å². The maximum Gasteiger partial charge on any atom is 0.227 e. The van der Waals surface area contributed by atoms with Gasteiger partial charge in [0.25, 0.3) is 0 Å². The maximum atomic E-state index is 13.0. The first-order chi connectivity index (χ1) is 12.9. The zero-order valence-corrected chi connectivity index (χ0v) is 16.0. The predicted octanol–water partition coefficient (Wildman–Crippen LogP) is 3.23. The van der Waals surface area contributed by atoms with Crippen LogP contribution >= 0.6 is 0 Å². The summed E-state index contributed by atoms with van der Waals surface area (Å²) in [6.45, 7) is 5.33. The van der Waals surface area contributed by atoms with E-state index in [4.69, 9.17) is 5.73 Å². The maximum absolute atomic E-state index is 13.0. The van der Waals surface area contributed by atoms with E-state index in [0.717, 1.165) is 61.3 Å². The van der Waals surface area contributed by atoms with Crippen molar-refractivity contribution in [2.75, 3.05) is 18.8 Å². The van der Waals surface area contributed by atoms with Gasteiger partial charge in [0.1, 0.15) is 5.82 Å². The van der Waals surface area contributed by atoms with Gasteiger partial charge in [-0.1, -0.05) is 12.1 Å². The van der Waals surface area contributed by atoms with Crippen LogP contribution < -0.4 is 5.73 Å². The highest BCUT2D eigenvalue weighted by Crippen LogP contribution is 2.23. The molecule has 1 aromatic heterocycles. The number of aromatic nitrogens is 2. The zero-order valence-electron chi connectivity index (χ0n) is 16.0. The standard InChI is InChI=1S/C21H27FN4O/c1-14-19(15(2)25-21(23)24-14)12-20(27)26-11-3-4-17(13-26)6-5-16-7-9-18(22)10-8-16/h7-10,17H,3-6,11-13H2,1-2H3,(H2,23,24,25)/t17-/m0/s1. The summed E-state index contributed by atoms with van der Waals surface area (Å²) in [7, 11) is 0. The lowest BCUT2D eigenvalue weighted by molar-refractivity contribution is -0.132. The van der Waals surface area contributed by atoms with E-state index in [1.807, 2.05) is 30.9 Å². The molecular formula is C21H27FN4O. The largest absolute Gasteiger partial charge is 0.368 e. The van der Waals surface area contributed by atoms with Crippen molar-refractivity contribution in [1.29, 1.82) is 0 Å². The number of nitrogen functional groups attached to an aromatic ring is 1. The Hall–Kier alpha value is -2.50. The van der Waals surface area contributed by atoms with Crippen molar-refractivity contribution < 1.29 is 9.18 Å². The molecule has 0 radical (unpaired) electrons. The van der Waals surface area contributed by atoms with Gasteiger partial charge in [-0.2, -0.15) is 0 Å². The number of amides is 1. The summed E-state index contributed by atoms with van der Waals surface area (Å²) in [4.78, 5) is 23.1. The van der Waals surface area contributed by atoms with Crippen LogP contribution in [0.15, 0.2) is 24.3 Å². The molecule has 1 aromatic carbocycles. The van der Waals surface area contributed by atoms with Crippen molar-refractivity contribution in [2.24, 2.45) is 5.92 Å². The van der Waals surface area contributed by atoms with Crippen LogP contribution in [0.25, 0.3) is 0 Å². The van der Waals surface area contributed by atoms with Gasteiger partial charge in [-0.05, 0) is 63.1 Å². The SMILES string of the molecule is Cc1nc(N)nc(C)c1CC(=O)N1CCC[C@@H](CCc2ccc(F)cc2)C1. The number of aryl methyl sites for hydroxylation is 3. The predicted molar refractivity (Wildman–Crippen MR) is 104 cm³/mol. The van der Waals surface area contributed by atoms with Gasteiger partial charge in [0.15, 0.2) is 0 Å². The monoisotopic (exact) mass is 370 g/mol. The number of carbonyl (C=O) groups is 1. The first-order valence-corrected chi connectivity index (χ1v) is 9.54. The second kappa shape index (κ2) is 8.46.